The van der Waals surface area contributed by atoms with Crippen molar-refractivity contribution in [2.24, 2.45) is 0 Å². The van der Waals surface area contributed by atoms with Crippen molar-refractivity contribution in [3.8, 4) is 16.9 Å². The number of ether oxygens (including phenoxy) is 2. The molecule has 2 fully saturated rings. The summed E-state index contributed by atoms with van der Waals surface area (Å²) in [6, 6.07) is 8.21. The fraction of sp³-hybridized carbons (Fsp3) is 0.370. The molecule has 1 aromatic heterocycles. The van der Waals surface area contributed by atoms with Gasteiger partial charge in [0.05, 0.1) is 23.7 Å². The highest BCUT2D eigenvalue weighted by Gasteiger charge is 2.33. The molecule has 0 unspecified atom stereocenters. The Morgan fingerprint density at radius 1 is 1.17 bits per heavy atom. The maximum absolute atomic E-state index is 13.5. The van der Waals surface area contributed by atoms with Gasteiger partial charge in [0.15, 0.2) is 5.82 Å². The Kier molecular flexibility index (Phi) is 9.78. The Hall–Kier alpha value is -3.04. The Labute approximate surface area is 254 Å². The highest BCUT2D eigenvalue weighted by Crippen LogP contribution is 2.39. The zero-order chi connectivity index (χ0) is 29.7. The molecular formula is C27H26ClF3N6O3S2. The third kappa shape index (κ3) is 7.48. The van der Waals surface area contributed by atoms with Crippen molar-refractivity contribution in [3.05, 3.63) is 63.3 Å². The van der Waals surface area contributed by atoms with Crippen molar-refractivity contribution < 1.29 is 27.4 Å². The lowest BCUT2D eigenvalue weighted by atomic mass is 9.99. The summed E-state index contributed by atoms with van der Waals surface area (Å²) in [6.45, 7) is 4.35. The lowest BCUT2D eigenvalue weighted by molar-refractivity contribution is -0.137. The first-order chi connectivity index (χ1) is 20.2. The van der Waals surface area contributed by atoms with Gasteiger partial charge in [0, 0.05) is 48.7 Å². The molecule has 2 aliphatic heterocycles. The van der Waals surface area contributed by atoms with Gasteiger partial charge in [-0.25, -0.2) is 0 Å². The molecule has 42 heavy (non-hydrogen) atoms. The van der Waals surface area contributed by atoms with Crippen molar-refractivity contribution in [2.45, 2.75) is 19.0 Å². The second-order valence-electron chi connectivity index (χ2n) is 9.51. The number of nitrogens with zero attached hydrogens (tertiary/aromatic N) is 5. The fourth-order valence-corrected chi connectivity index (χ4v) is 6.04. The third-order valence-electron chi connectivity index (χ3n) is 6.71. The van der Waals surface area contributed by atoms with Crippen molar-refractivity contribution in [1.29, 1.82) is 0 Å². The number of morpholine rings is 1. The number of tetrazole rings is 1. The number of thiocarbonyl (C=S) groups is 1. The van der Waals surface area contributed by atoms with E-state index in [2.05, 4.69) is 25.5 Å². The van der Waals surface area contributed by atoms with Crippen LogP contribution in [0.1, 0.15) is 23.4 Å². The van der Waals surface area contributed by atoms with Gasteiger partial charge in [-0.3, -0.25) is 14.6 Å². The SMILES string of the molecule is O=C1C(=Cc2cc(-c3cc(C(F)(F)F)ccc3Cl)ccc2OCCN2CCOCC2)SC(=S)N1CCCc1nn[nH]n1. The quantitative estimate of drug-likeness (QED) is 0.241. The zero-order valence-corrected chi connectivity index (χ0v) is 24.6. The average molecular weight is 639 g/mol. The molecule has 0 bridgehead atoms. The van der Waals surface area contributed by atoms with Gasteiger partial charge in [0.1, 0.15) is 16.7 Å². The maximum Gasteiger partial charge on any atom is 0.416 e. The number of rotatable bonds is 10. The first-order valence-electron chi connectivity index (χ1n) is 13.1. The number of aryl methyl sites for hydroxylation is 1. The molecule has 2 aliphatic rings. The smallest absolute Gasteiger partial charge is 0.416 e. The first-order valence-corrected chi connectivity index (χ1v) is 14.7. The number of hydrogen-bond acceptors (Lipinski definition) is 9. The van der Waals surface area contributed by atoms with E-state index in [-0.39, 0.29) is 16.5 Å². The van der Waals surface area contributed by atoms with Gasteiger partial charge in [0.25, 0.3) is 5.91 Å². The van der Waals surface area contributed by atoms with Crippen molar-refractivity contribution >= 4 is 51.9 Å². The van der Waals surface area contributed by atoms with E-state index in [1.165, 1.54) is 11.0 Å². The predicted octanol–water partition coefficient (Wildman–Crippen LogP) is 5.08. The molecule has 222 valence electrons. The lowest BCUT2D eigenvalue weighted by Gasteiger charge is -2.26. The van der Waals surface area contributed by atoms with E-state index >= 15 is 0 Å². The van der Waals surface area contributed by atoms with E-state index < -0.39 is 11.7 Å². The van der Waals surface area contributed by atoms with Gasteiger partial charge < -0.3 is 9.47 Å². The molecule has 0 saturated carbocycles. The summed E-state index contributed by atoms with van der Waals surface area (Å²) in [6.07, 6.45) is -1.76. The van der Waals surface area contributed by atoms with Gasteiger partial charge in [-0.05, 0) is 48.4 Å². The van der Waals surface area contributed by atoms with Crippen LogP contribution >= 0.6 is 35.6 Å². The van der Waals surface area contributed by atoms with Gasteiger partial charge in [-0.2, -0.15) is 18.4 Å². The minimum Gasteiger partial charge on any atom is -0.492 e. The summed E-state index contributed by atoms with van der Waals surface area (Å²) < 4.78 is 52.3. The van der Waals surface area contributed by atoms with Crippen LogP contribution in [-0.4, -0.2) is 86.7 Å². The summed E-state index contributed by atoms with van der Waals surface area (Å²) in [5, 5.41) is 13.9. The molecule has 2 saturated heterocycles. The molecule has 0 spiro atoms. The molecule has 0 atom stereocenters. The molecule has 9 nitrogen and oxygen atoms in total. The fourth-order valence-electron chi connectivity index (χ4n) is 4.51. The number of alkyl halides is 3. The molecular weight excluding hydrogens is 613 g/mol. The van der Waals surface area contributed by atoms with Crippen LogP contribution in [0.2, 0.25) is 5.02 Å². The number of halogens is 4. The molecule has 0 radical (unpaired) electrons. The predicted molar refractivity (Wildman–Crippen MR) is 157 cm³/mol. The zero-order valence-electron chi connectivity index (χ0n) is 22.2. The van der Waals surface area contributed by atoms with Crippen molar-refractivity contribution in [2.75, 3.05) is 46.0 Å². The number of benzene rings is 2. The van der Waals surface area contributed by atoms with Crippen LogP contribution in [0.3, 0.4) is 0 Å². The van der Waals surface area contributed by atoms with Gasteiger partial charge >= 0.3 is 6.18 Å². The Morgan fingerprint density at radius 2 is 1.98 bits per heavy atom. The largest absolute Gasteiger partial charge is 0.492 e. The van der Waals surface area contributed by atoms with Gasteiger partial charge in [0.2, 0.25) is 0 Å². The molecule has 0 aliphatic carbocycles. The molecule has 3 heterocycles. The highest BCUT2D eigenvalue weighted by molar-refractivity contribution is 8.26. The summed E-state index contributed by atoms with van der Waals surface area (Å²) in [7, 11) is 0. The molecule has 15 heteroatoms. The summed E-state index contributed by atoms with van der Waals surface area (Å²) >= 11 is 13.0. The van der Waals surface area contributed by atoms with E-state index in [4.69, 9.17) is 33.3 Å². The lowest BCUT2D eigenvalue weighted by Crippen LogP contribution is -2.38. The van der Waals surface area contributed by atoms with E-state index in [1.807, 2.05) is 0 Å². The van der Waals surface area contributed by atoms with E-state index in [9.17, 15) is 18.0 Å². The van der Waals surface area contributed by atoms with Crippen LogP contribution < -0.4 is 4.74 Å². The number of aromatic nitrogens is 4. The topological polar surface area (TPSA) is 96.5 Å². The van der Waals surface area contributed by atoms with Crippen LogP contribution in [0.5, 0.6) is 5.75 Å². The summed E-state index contributed by atoms with van der Waals surface area (Å²) in [4.78, 5) is 17.4. The molecule has 2 aromatic carbocycles. The normalized spacial score (nSPS) is 17.4. The van der Waals surface area contributed by atoms with Crippen LogP contribution in [0.4, 0.5) is 13.2 Å². The van der Waals surface area contributed by atoms with Gasteiger partial charge in [-0.1, -0.05) is 46.9 Å². The minimum atomic E-state index is -4.53. The maximum atomic E-state index is 13.5. The first kappa shape index (κ1) is 30.4. The second kappa shape index (κ2) is 13.5. The van der Waals surface area contributed by atoms with Crippen LogP contribution in [-0.2, 0) is 22.1 Å². The number of carbonyl (C=O) groups excluding carboxylic acids is 1. The Balaban J connectivity index is 1.40. The monoisotopic (exact) mass is 638 g/mol. The number of H-pyrrole nitrogens is 1. The van der Waals surface area contributed by atoms with Crippen LogP contribution in [0.15, 0.2) is 41.3 Å². The van der Waals surface area contributed by atoms with Crippen molar-refractivity contribution in [1.82, 2.24) is 30.4 Å². The number of hydrogen-bond donors (Lipinski definition) is 1. The molecule has 3 aromatic rings. The van der Waals surface area contributed by atoms with Gasteiger partial charge in [-0.15, -0.1) is 10.2 Å². The Morgan fingerprint density at radius 3 is 2.71 bits per heavy atom. The molecule has 1 amide bonds. The summed E-state index contributed by atoms with van der Waals surface area (Å²) in [5.74, 6) is 0.761. The average Bonchev–Trinajstić information content (AvgIpc) is 3.58. The highest BCUT2D eigenvalue weighted by atomic mass is 35.5. The van der Waals surface area contributed by atoms with E-state index in [0.717, 1.165) is 37.0 Å². The number of amides is 1. The standard InChI is InChI=1S/C27H26ClF3N6O3S2/c28-21-5-4-19(27(29,30)31)16-20(21)17-3-6-22(40-13-10-36-8-11-39-12-9-36)18(14-17)15-23-25(38)37(26(41)42-23)7-1-2-24-32-34-35-33-24/h3-6,14-16H,1-2,7-13H2,(H,32,33,34,35). The second-order valence-corrected chi connectivity index (χ2v) is 11.6. The minimum absolute atomic E-state index is 0.169. The third-order valence-corrected chi connectivity index (χ3v) is 8.42. The number of nitrogens with one attached hydrogen (secondary N) is 1. The van der Waals surface area contributed by atoms with E-state index in [1.54, 1.807) is 24.3 Å². The van der Waals surface area contributed by atoms with Crippen LogP contribution in [0.25, 0.3) is 17.2 Å². The Bertz CT molecular complexity index is 1470. The molecule has 5 rings (SSSR count). The molecule has 1 N–H and O–H groups in total. The van der Waals surface area contributed by atoms with Crippen LogP contribution in [0, 0.1) is 0 Å². The number of thioether (sulfide) groups is 1. The number of aromatic amines is 1. The number of carbonyl (C=O) groups is 1. The van der Waals surface area contributed by atoms with Crippen molar-refractivity contribution in [3.63, 3.8) is 0 Å². The van der Waals surface area contributed by atoms with E-state index in [0.29, 0.717) is 77.7 Å². The summed E-state index contributed by atoms with van der Waals surface area (Å²) in [5.41, 5.74) is 0.384.